The Labute approximate surface area is 101 Å². The third kappa shape index (κ3) is 2.50. The summed E-state index contributed by atoms with van der Waals surface area (Å²) < 4.78 is 26.6. The van der Waals surface area contributed by atoms with Crippen LogP contribution >= 0.6 is 0 Å². The van der Waals surface area contributed by atoms with Gasteiger partial charge >= 0.3 is 5.97 Å². The normalized spacial score (nSPS) is 12.4. The topological polar surface area (TPSA) is 79.6 Å². The van der Waals surface area contributed by atoms with Crippen molar-refractivity contribution in [1.82, 2.24) is 8.87 Å². The highest BCUT2D eigenvalue weighted by Crippen LogP contribution is 2.19. The first-order valence-electron chi connectivity index (χ1n) is 5.05. The summed E-state index contributed by atoms with van der Waals surface area (Å²) in [6.07, 6.45) is 1.30. The number of aromatic nitrogens is 1. The summed E-state index contributed by atoms with van der Waals surface area (Å²) >= 11 is 0. The molecule has 17 heavy (non-hydrogen) atoms. The lowest BCUT2D eigenvalue weighted by atomic mass is 10.4. The Morgan fingerprint density at radius 3 is 2.35 bits per heavy atom. The fourth-order valence-corrected chi connectivity index (χ4v) is 2.77. The van der Waals surface area contributed by atoms with Crippen molar-refractivity contribution in [1.29, 1.82) is 0 Å². The zero-order valence-corrected chi connectivity index (χ0v) is 11.0. The lowest BCUT2D eigenvalue weighted by molar-refractivity contribution is 0.0686. The van der Waals surface area contributed by atoms with Gasteiger partial charge in [-0.25, -0.2) is 13.2 Å². The summed E-state index contributed by atoms with van der Waals surface area (Å²) in [4.78, 5) is 10.8. The van der Waals surface area contributed by atoms with Crippen molar-refractivity contribution < 1.29 is 18.3 Å². The van der Waals surface area contributed by atoms with Crippen LogP contribution in [-0.2, 0) is 17.1 Å². The van der Waals surface area contributed by atoms with E-state index in [0.717, 1.165) is 6.07 Å². The van der Waals surface area contributed by atoms with Crippen LogP contribution in [0.1, 0.15) is 24.3 Å². The summed E-state index contributed by atoms with van der Waals surface area (Å²) in [7, 11) is -0.661. The van der Waals surface area contributed by atoms with Gasteiger partial charge in [-0.1, -0.05) is 0 Å². The highest BCUT2D eigenvalue weighted by molar-refractivity contribution is 7.89. The Hall–Kier alpha value is -1.34. The lowest BCUT2D eigenvalue weighted by Crippen LogP contribution is -2.32. The minimum atomic E-state index is -3.62. The first kappa shape index (κ1) is 13.7. The predicted octanol–water partition coefficient (Wildman–Crippen LogP) is 0.752. The Balaban J connectivity index is 3.26. The Bertz CT molecular complexity index is 531. The van der Waals surface area contributed by atoms with Crippen LogP contribution in [0.4, 0.5) is 0 Å². The number of hydrogen-bond donors (Lipinski definition) is 1. The molecule has 0 fully saturated rings. The fraction of sp³-hybridized carbons (Fsp3) is 0.500. The molecule has 0 aliphatic heterocycles. The number of aromatic carboxylic acids is 1. The molecule has 96 valence electrons. The number of sulfonamides is 1. The summed E-state index contributed by atoms with van der Waals surface area (Å²) in [6.45, 7) is 3.50. The average molecular weight is 260 g/mol. The van der Waals surface area contributed by atoms with E-state index in [1.165, 1.54) is 29.2 Å². The molecule has 1 rings (SSSR count). The SMILES string of the molecule is CC(C)N(C)S(=O)(=O)c1cc(C(=O)O)n(C)c1. The third-order valence-electron chi connectivity index (χ3n) is 2.60. The van der Waals surface area contributed by atoms with E-state index >= 15 is 0 Å². The number of carbonyl (C=O) groups is 1. The monoisotopic (exact) mass is 260 g/mol. The highest BCUT2D eigenvalue weighted by atomic mass is 32.2. The van der Waals surface area contributed by atoms with Crippen LogP contribution in [0, 0.1) is 0 Å². The molecule has 0 saturated carbocycles. The largest absolute Gasteiger partial charge is 0.477 e. The van der Waals surface area contributed by atoms with Crippen LogP contribution in [0.3, 0.4) is 0 Å². The molecular formula is C10H16N2O4S. The average Bonchev–Trinajstić information content (AvgIpc) is 2.59. The number of nitrogens with zero attached hydrogens (tertiary/aromatic N) is 2. The van der Waals surface area contributed by atoms with Crippen molar-refractivity contribution in [2.45, 2.75) is 24.8 Å². The molecule has 6 nitrogen and oxygen atoms in total. The van der Waals surface area contributed by atoms with Gasteiger partial charge in [0.25, 0.3) is 0 Å². The van der Waals surface area contributed by atoms with Gasteiger partial charge in [-0.2, -0.15) is 4.31 Å². The minimum Gasteiger partial charge on any atom is -0.477 e. The van der Waals surface area contributed by atoms with Crippen LogP contribution < -0.4 is 0 Å². The van der Waals surface area contributed by atoms with E-state index in [1.807, 2.05) is 0 Å². The first-order valence-corrected chi connectivity index (χ1v) is 6.49. The smallest absolute Gasteiger partial charge is 0.352 e. The molecule has 1 heterocycles. The van der Waals surface area contributed by atoms with Crippen molar-refractivity contribution >= 4 is 16.0 Å². The molecule has 1 aromatic rings. The molecule has 0 saturated heterocycles. The molecule has 0 radical (unpaired) electrons. The molecular weight excluding hydrogens is 244 g/mol. The van der Waals surface area contributed by atoms with Crippen molar-refractivity contribution in [3.8, 4) is 0 Å². The summed E-state index contributed by atoms with van der Waals surface area (Å²) in [5.41, 5.74) is -0.0549. The van der Waals surface area contributed by atoms with Gasteiger partial charge in [-0.3, -0.25) is 0 Å². The standard InChI is InChI=1S/C10H16N2O4S/c1-7(2)12(4)17(15,16)8-5-9(10(13)14)11(3)6-8/h5-7H,1-4H3,(H,13,14). The van der Waals surface area contributed by atoms with Gasteiger partial charge in [0.15, 0.2) is 0 Å². The van der Waals surface area contributed by atoms with E-state index in [2.05, 4.69) is 0 Å². The third-order valence-corrected chi connectivity index (χ3v) is 4.60. The first-order chi connectivity index (χ1) is 7.67. The Morgan fingerprint density at radius 2 is 2.00 bits per heavy atom. The molecule has 1 aromatic heterocycles. The molecule has 0 unspecified atom stereocenters. The molecule has 0 bridgehead atoms. The molecule has 0 spiro atoms. The molecule has 0 atom stereocenters. The van der Waals surface area contributed by atoms with Crippen LogP contribution in [-0.4, -0.2) is 41.5 Å². The summed E-state index contributed by atoms with van der Waals surface area (Å²) in [5.74, 6) is -1.15. The maximum absolute atomic E-state index is 12.1. The number of carboxylic acid groups (broad SMARTS) is 1. The molecule has 0 aromatic carbocycles. The highest BCUT2D eigenvalue weighted by Gasteiger charge is 2.26. The number of aryl methyl sites for hydroxylation is 1. The zero-order chi connectivity index (χ0) is 13.4. The Kier molecular flexibility index (Phi) is 3.63. The lowest BCUT2D eigenvalue weighted by Gasteiger charge is -2.19. The van der Waals surface area contributed by atoms with Crippen LogP contribution in [0.15, 0.2) is 17.2 Å². The summed E-state index contributed by atoms with van der Waals surface area (Å²) in [5, 5.41) is 8.86. The quantitative estimate of drug-likeness (QED) is 0.866. The predicted molar refractivity (Wildman–Crippen MR) is 62.5 cm³/mol. The van der Waals surface area contributed by atoms with E-state index in [1.54, 1.807) is 13.8 Å². The number of rotatable bonds is 4. The van der Waals surface area contributed by atoms with E-state index in [4.69, 9.17) is 5.11 Å². The van der Waals surface area contributed by atoms with Crippen LogP contribution in [0.25, 0.3) is 0 Å². The summed E-state index contributed by atoms with van der Waals surface area (Å²) in [6, 6.07) is 0.977. The van der Waals surface area contributed by atoms with E-state index < -0.39 is 16.0 Å². The molecule has 0 aliphatic carbocycles. The van der Waals surface area contributed by atoms with Gasteiger partial charge in [-0.15, -0.1) is 0 Å². The van der Waals surface area contributed by atoms with Crippen LogP contribution in [0.5, 0.6) is 0 Å². The second-order valence-electron chi connectivity index (χ2n) is 4.09. The van der Waals surface area contributed by atoms with Gasteiger partial charge in [0, 0.05) is 26.3 Å². The zero-order valence-electron chi connectivity index (χ0n) is 10.2. The van der Waals surface area contributed by atoms with Crippen LogP contribution in [0.2, 0.25) is 0 Å². The second kappa shape index (κ2) is 4.50. The molecule has 1 N–H and O–H groups in total. The maximum Gasteiger partial charge on any atom is 0.352 e. The van der Waals surface area contributed by atoms with E-state index in [9.17, 15) is 13.2 Å². The van der Waals surface area contributed by atoms with E-state index in [0.29, 0.717) is 0 Å². The van der Waals surface area contributed by atoms with Gasteiger partial charge in [0.05, 0.1) is 0 Å². The van der Waals surface area contributed by atoms with Crippen molar-refractivity contribution in [2.24, 2.45) is 7.05 Å². The van der Waals surface area contributed by atoms with Gasteiger partial charge in [0.2, 0.25) is 10.0 Å². The molecule has 0 aliphatic rings. The fourth-order valence-electron chi connectivity index (χ4n) is 1.33. The Morgan fingerprint density at radius 1 is 1.47 bits per heavy atom. The van der Waals surface area contributed by atoms with Gasteiger partial charge in [0.1, 0.15) is 10.6 Å². The maximum atomic E-state index is 12.1. The van der Waals surface area contributed by atoms with E-state index in [-0.39, 0.29) is 16.6 Å². The van der Waals surface area contributed by atoms with Gasteiger partial charge < -0.3 is 9.67 Å². The molecule has 7 heteroatoms. The number of carboxylic acids is 1. The van der Waals surface area contributed by atoms with Gasteiger partial charge in [-0.05, 0) is 19.9 Å². The molecule has 0 amide bonds. The second-order valence-corrected chi connectivity index (χ2v) is 6.09. The minimum absolute atomic E-state index is 0.00593. The van der Waals surface area contributed by atoms with Crippen molar-refractivity contribution in [3.05, 3.63) is 18.0 Å². The van der Waals surface area contributed by atoms with Crippen molar-refractivity contribution in [2.75, 3.05) is 7.05 Å². The number of hydrogen-bond acceptors (Lipinski definition) is 3. The van der Waals surface area contributed by atoms with Crippen molar-refractivity contribution in [3.63, 3.8) is 0 Å².